The van der Waals surface area contributed by atoms with Crippen LogP contribution in [0.15, 0.2) is 41.3 Å². The van der Waals surface area contributed by atoms with Gasteiger partial charge in [0.25, 0.3) is 5.56 Å². The van der Waals surface area contributed by atoms with Crippen molar-refractivity contribution in [2.24, 2.45) is 5.92 Å². The molecule has 1 saturated carbocycles. The fraction of sp³-hybridized carbons (Fsp3) is 0.385. The number of carbonyl (C=O) groups is 1. The van der Waals surface area contributed by atoms with Crippen molar-refractivity contribution in [3.05, 3.63) is 57.6 Å². The molecule has 1 aliphatic rings. The van der Waals surface area contributed by atoms with Crippen LogP contribution in [0.2, 0.25) is 5.02 Å². The van der Waals surface area contributed by atoms with Crippen LogP contribution in [0, 0.1) is 5.92 Å². The molecular weight excluding hydrogens is 484 g/mol. The molecule has 1 aliphatic carbocycles. The lowest BCUT2D eigenvalue weighted by Gasteiger charge is -2.16. The van der Waals surface area contributed by atoms with E-state index in [1.165, 1.54) is 24.6 Å². The number of esters is 1. The van der Waals surface area contributed by atoms with Gasteiger partial charge < -0.3 is 14.2 Å². The summed E-state index contributed by atoms with van der Waals surface area (Å²) in [6.45, 7) is 4.45. The summed E-state index contributed by atoms with van der Waals surface area (Å²) >= 11 is 6.43. The lowest BCUT2D eigenvalue weighted by Crippen LogP contribution is -2.32. The van der Waals surface area contributed by atoms with Crippen molar-refractivity contribution < 1.29 is 19.0 Å². The second-order valence-corrected chi connectivity index (χ2v) is 9.37. The van der Waals surface area contributed by atoms with Crippen LogP contribution in [0.1, 0.15) is 38.4 Å². The number of halogens is 1. The molecule has 2 aromatic heterocycles. The third-order valence-corrected chi connectivity index (χ3v) is 6.58. The predicted octanol–water partition coefficient (Wildman–Crippen LogP) is 4.37. The van der Waals surface area contributed by atoms with E-state index in [0.717, 1.165) is 10.9 Å². The van der Waals surface area contributed by atoms with E-state index in [-0.39, 0.29) is 13.2 Å². The molecule has 10 heteroatoms. The number of hydrogen-bond acceptors (Lipinski definition) is 7. The fourth-order valence-electron chi connectivity index (χ4n) is 4.09. The van der Waals surface area contributed by atoms with Gasteiger partial charge in [0.05, 0.1) is 48.5 Å². The van der Waals surface area contributed by atoms with Gasteiger partial charge in [-0.1, -0.05) is 11.6 Å². The molecule has 0 spiro atoms. The lowest BCUT2D eigenvalue weighted by atomic mass is 10.1. The van der Waals surface area contributed by atoms with E-state index in [1.54, 1.807) is 42.8 Å². The number of benzene rings is 2. The highest BCUT2D eigenvalue weighted by Gasteiger charge is 2.23. The number of rotatable bonds is 9. The number of ether oxygens (including phenoxy) is 3. The fourth-order valence-corrected chi connectivity index (χ4v) is 4.30. The van der Waals surface area contributed by atoms with Gasteiger partial charge in [0.2, 0.25) is 0 Å². The maximum absolute atomic E-state index is 13.3. The molecule has 2 heterocycles. The van der Waals surface area contributed by atoms with Crippen LogP contribution in [0.5, 0.6) is 11.5 Å². The van der Waals surface area contributed by atoms with Gasteiger partial charge in [-0.15, -0.1) is 0 Å². The van der Waals surface area contributed by atoms with Crippen molar-refractivity contribution in [1.29, 1.82) is 0 Å². The van der Waals surface area contributed by atoms with Gasteiger partial charge in [-0.25, -0.2) is 9.48 Å². The molecule has 0 aliphatic heterocycles. The Morgan fingerprint density at radius 2 is 2.00 bits per heavy atom. The minimum Gasteiger partial charge on any atom is -0.497 e. The van der Waals surface area contributed by atoms with E-state index in [9.17, 15) is 9.59 Å². The Bertz CT molecular complexity index is 1510. The first-order valence-corrected chi connectivity index (χ1v) is 12.3. The first kappa shape index (κ1) is 24.1. The van der Waals surface area contributed by atoms with Gasteiger partial charge >= 0.3 is 5.97 Å². The molecule has 188 valence electrons. The highest BCUT2D eigenvalue weighted by atomic mass is 35.5. The quantitative estimate of drug-likeness (QED) is 0.308. The van der Waals surface area contributed by atoms with E-state index in [1.807, 2.05) is 12.3 Å². The summed E-state index contributed by atoms with van der Waals surface area (Å²) in [4.78, 5) is 25.7. The molecule has 1 fully saturated rings. The van der Waals surface area contributed by atoms with Gasteiger partial charge in [0.15, 0.2) is 6.04 Å². The highest BCUT2D eigenvalue weighted by molar-refractivity contribution is 6.32. The lowest BCUT2D eigenvalue weighted by molar-refractivity contribution is -0.147. The van der Waals surface area contributed by atoms with E-state index < -0.39 is 17.6 Å². The summed E-state index contributed by atoms with van der Waals surface area (Å²) < 4.78 is 19.2. The Morgan fingerprint density at radius 1 is 1.19 bits per heavy atom. The SMILES string of the molecule is CCOC(=O)C(C)n1nc(Cn2cc3cc(OCC4CC4)c(Cl)cc3n2)c2ccc(OC)cc2c1=O. The van der Waals surface area contributed by atoms with E-state index >= 15 is 0 Å². The number of nitrogens with zero attached hydrogens (tertiary/aromatic N) is 4. The number of methoxy groups -OCH3 is 1. The first-order chi connectivity index (χ1) is 17.4. The van der Waals surface area contributed by atoms with Gasteiger partial charge in [0.1, 0.15) is 11.5 Å². The van der Waals surface area contributed by atoms with Crippen LogP contribution in [0.25, 0.3) is 21.7 Å². The normalized spacial score (nSPS) is 14.2. The molecule has 1 unspecified atom stereocenters. The molecule has 0 radical (unpaired) electrons. The zero-order valence-corrected chi connectivity index (χ0v) is 21.1. The molecule has 5 rings (SSSR count). The predicted molar refractivity (Wildman–Crippen MR) is 136 cm³/mol. The number of hydrogen-bond donors (Lipinski definition) is 0. The maximum atomic E-state index is 13.3. The van der Waals surface area contributed by atoms with Gasteiger partial charge in [-0.05, 0) is 62.9 Å². The minimum atomic E-state index is -0.895. The zero-order chi connectivity index (χ0) is 25.4. The summed E-state index contributed by atoms with van der Waals surface area (Å²) in [5, 5.41) is 11.7. The Hall–Kier alpha value is -3.59. The monoisotopic (exact) mass is 510 g/mol. The molecule has 0 N–H and O–H groups in total. The van der Waals surface area contributed by atoms with Crippen LogP contribution in [-0.2, 0) is 16.1 Å². The van der Waals surface area contributed by atoms with Gasteiger partial charge in [0, 0.05) is 17.0 Å². The molecule has 9 nitrogen and oxygen atoms in total. The third kappa shape index (κ3) is 4.75. The molecular formula is C26H27ClN4O5. The maximum Gasteiger partial charge on any atom is 0.330 e. The number of carbonyl (C=O) groups excluding carboxylic acids is 1. The Labute approximate surface area is 212 Å². The van der Waals surface area contributed by atoms with Crippen LogP contribution >= 0.6 is 11.6 Å². The summed E-state index contributed by atoms with van der Waals surface area (Å²) in [7, 11) is 1.53. The Kier molecular flexibility index (Phi) is 6.57. The second-order valence-electron chi connectivity index (χ2n) is 8.96. The Balaban J connectivity index is 1.55. The number of aromatic nitrogens is 4. The molecule has 0 amide bonds. The highest BCUT2D eigenvalue weighted by Crippen LogP contribution is 2.34. The summed E-state index contributed by atoms with van der Waals surface area (Å²) in [6, 6.07) is 8.00. The van der Waals surface area contributed by atoms with Crippen molar-refractivity contribution in [2.45, 2.75) is 39.3 Å². The van der Waals surface area contributed by atoms with Crippen LogP contribution < -0.4 is 15.0 Å². The van der Waals surface area contributed by atoms with Crippen molar-refractivity contribution in [3.8, 4) is 11.5 Å². The van der Waals surface area contributed by atoms with E-state index in [0.29, 0.717) is 45.5 Å². The summed E-state index contributed by atoms with van der Waals surface area (Å²) in [5.74, 6) is 1.26. The molecule has 36 heavy (non-hydrogen) atoms. The van der Waals surface area contributed by atoms with E-state index in [2.05, 4.69) is 10.2 Å². The second kappa shape index (κ2) is 9.81. The smallest absolute Gasteiger partial charge is 0.330 e. The topological polar surface area (TPSA) is 97.5 Å². The van der Waals surface area contributed by atoms with E-state index in [4.69, 9.17) is 25.8 Å². The average molecular weight is 511 g/mol. The largest absolute Gasteiger partial charge is 0.497 e. The summed E-state index contributed by atoms with van der Waals surface area (Å²) in [5.41, 5.74) is 0.897. The summed E-state index contributed by atoms with van der Waals surface area (Å²) in [6.07, 6.45) is 4.28. The zero-order valence-electron chi connectivity index (χ0n) is 20.4. The molecule has 1 atom stereocenters. The van der Waals surface area contributed by atoms with Crippen LogP contribution in [0.4, 0.5) is 0 Å². The molecule has 2 aromatic carbocycles. The first-order valence-electron chi connectivity index (χ1n) is 11.9. The van der Waals surface area contributed by atoms with Gasteiger partial charge in [-0.2, -0.15) is 10.2 Å². The van der Waals surface area contributed by atoms with Crippen LogP contribution in [0.3, 0.4) is 0 Å². The standard InChI is InChI=1S/C26H27ClN4O5/c1-4-35-26(33)15(2)31-25(32)20-10-18(34-3)7-8-19(20)23(29-31)13-30-12-17-9-24(36-14-16-5-6-16)21(27)11-22(17)28-30/h7-12,15-16H,4-6,13-14H2,1-3H3. The van der Waals surface area contributed by atoms with Gasteiger partial charge in [-0.3, -0.25) is 9.48 Å². The Morgan fingerprint density at radius 3 is 2.72 bits per heavy atom. The molecule has 4 aromatic rings. The minimum absolute atomic E-state index is 0.209. The average Bonchev–Trinajstić information content (AvgIpc) is 3.62. The number of fused-ring (bicyclic) bond motifs is 2. The van der Waals surface area contributed by atoms with Crippen molar-refractivity contribution in [3.63, 3.8) is 0 Å². The van der Waals surface area contributed by atoms with Crippen LogP contribution in [-0.4, -0.2) is 45.9 Å². The molecule has 0 bridgehead atoms. The van der Waals surface area contributed by atoms with Crippen molar-refractivity contribution >= 4 is 39.2 Å². The third-order valence-electron chi connectivity index (χ3n) is 6.29. The van der Waals surface area contributed by atoms with Crippen molar-refractivity contribution in [2.75, 3.05) is 20.3 Å². The van der Waals surface area contributed by atoms with Crippen molar-refractivity contribution in [1.82, 2.24) is 19.6 Å². The molecule has 0 saturated heterocycles.